The van der Waals surface area contributed by atoms with Gasteiger partial charge in [-0.15, -0.1) is 0 Å². The van der Waals surface area contributed by atoms with Crippen molar-refractivity contribution >= 4 is 17.7 Å². The number of carbonyl (C=O) groups is 3. The van der Waals surface area contributed by atoms with Crippen molar-refractivity contribution in [3.05, 3.63) is 47.5 Å². The standard InChI is InChI=1S/C34H55N3O4/c1-12-27(34(8,9)25-17-14-13-15-18-25)30(38)35-29(33(5,6)7)32(40)36(10)28(23(2)3)21-24(4)31(39)37-20-16-19-26(37)22-41-11/h13-15,17-18,21,23,26-29H,12,16,19-20,22H2,1-11H3,(H,35,38)/b24-21+/t26-,27+,28+,29+/m0/s1. The fraction of sp³-hybridized carbons (Fsp3) is 0.676. The lowest BCUT2D eigenvalue weighted by molar-refractivity contribution is -0.141. The van der Waals surface area contributed by atoms with Crippen LogP contribution in [0.4, 0.5) is 0 Å². The summed E-state index contributed by atoms with van der Waals surface area (Å²) in [5, 5.41) is 3.16. The van der Waals surface area contributed by atoms with E-state index in [1.165, 1.54) is 0 Å². The Balaban J connectivity index is 2.32. The van der Waals surface area contributed by atoms with Gasteiger partial charge in [0.25, 0.3) is 0 Å². The number of benzene rings is 1. The number of ether oxygens (including phenoxy) is 1. The van der Waals surface area contributed by atoms with E-state index in [-0.39, 0.29) is 41.6 Å². The van der Waals surface area contributed by atoms with E-state index in [0.29, 0.717) is 18.6 Å². The Hall–Kier alpha value is -2.67. The second-order valence-electron chi connectivity index (χ2n) is 13.6. The largest absolute Gasteiger partial charge is 0.383 e. The highest BCUT2D eigenvalue weighted by atomic mass is 16.5. The Morgan fingerprint density at radius 2 is 1.73 bits per heavy atom. The molecule has 1 N–H and O–H groups in total. The van der Waals surface area contributed by atoms with Crippen molar-refractivity contribution in [3.63, 3.8) is 0 Å². The molecular weight excluding hydrogens is 514 g/mol. The van der Waals surface area contributed by atoms with Crippen molar-refractivity contribution in [2.45, 2.75) is 105 Å². The van der Waals surface area contributed by atoms with Gasteiger partial charge in [-0.1, -0.05) is 91.8 Å². The fourth-order valence-corrected chi connectivity index (χ4v) is 6.11. The third-order valence-electron chi connectivity index (χ3n) is 8.75. The van der Waals surface area contributed by atoms with Gasteiger partial charge in [-0.05, 0) is 43.1 Å². The first-order chi connectivity index (χ1) is 19.1. The van der Waals surface area contributed by atoms with Crippen LogP contribution in [-0.4, -0.2) is 73.0 Å². The zero-order valence-electron chi connectivity index (χ0n) is 27.4. The lowest BCUT2D eigenvalue weighted by Crippen LogP contribution is -2.58. The van der Waals surface area contributed by atoms with Crippen LogP contribution in [0.5, 0.6) is 0 Å². The molecule has 4 atom stereocenters. The molecule has 7 heteroatoms. The predicted molar refractivity (Wildman–Crippen MR) is 166 cm³/mol. The summed E-state index contributed by atoms with van der Waals surface area (Å²) in [7, 11) is 3.44. The number of rotatable bonds is 12. The van der Waals surface area contributed by atoms with Crippen LogP contribution < -0.4 is 5.32 Å². The highest BCUT2D eigenvalue weighted by Gasteiger charge is 2.41. The summed E-state index contributed by atoms with van der Waals surface area (Å²) in [4.78, 5) is 44.9. The number of methoxy groups -OCH3 is 1. The third kappa shape index (κ3) is 8.43. The molecule has 1 aromatic carbocycles. The number of nitrogens with one attached hydrogen (secondary N) is 1. The molecular formula is C34H55N3O4. The normalized spacial score (nSPS) is 18.7. The van der Waals surface area contributed by atoms with Crippen LogP contribution in [-0.2, 0) is 24.5 Å². The van der Waals surface area contributed by atoms with Crippen LogP contribution in [0.1, 0.15) is 87.1 Å². The van der Waals surface area contributed by atoms with E-state index in [1.54, 1.807) is 19.1 Å². The number of nitrogens with zero attached hydrogens (tertiary/aromatic N) is 2. The highest BCUT2D eigenvalue weighted by molar-refractivity contribution is 5.94. The van der Waals surface area contributed by atoms with Crippen molar-refractivity contribution in [2.75, 3.05) is 27.3 Å². The molecule has 3 amide bonds. The van der Waals surface area contributed by atoms with Gasteiger partial charge in [-0.2, -0.15) is 0 Å². The van der Waals surface area contributed by atoms with E-state index >= 15 is 0 Å². The summed E-state index contributed by atoms with van der Waals surface area (Å²) in [5.41, 5.74) is 0.788. The second kappa shape index (κ2) is 14.5. The van der Waals surface area contributed by atoms with Crippen LogP contribution in [0, 0.1) is 17.3 Å². The Morgan fingerprint density at radius 1 is 1.12 bits per heavy atom. The number of carbonyl (C=O) groups excluding carboxylic acids is 3. The lowest BCUT2D eigenvalue weighted by atomic mass is 9.71. The molecule has 1 aliphatic heterocycles. The first-order valence-corrected chi connectivity index (χ1v) is 15.2. The first kappa shape index (κ1) is 34.5. The minimum Gasteiger partial charge on any atom is -0.383 e. The van der Waals surface area contributed by atoms with Crippen LogP contribution >= 0.6 is 0 Å². The molecule has 0 radical (unpaired) electrons. The number of likely N-dealkylation sites (N-methyl/N-ethyl adjacent to an activating group) is 1. The average Bonchev–Trinajstić information content (AvgIpc) is 3.37. The van der Waals surface area contributed by atoms with Gasteiger partial charge in [0, 0.05) is 37.6 Å². The zero-order chi connectivity index (χ0) is 31.1. The van der Waals surface area contributed by atoms with E-state index in [4.69, 9.17) is 4.74 Å². The van der Waals surface area contributed by atoms with Crippen LogP contribution in [0.25, 0.3) is 0 Å². The topological polar surface area (TPSA) is 79.0 Å². The first-order valence-electron chi connectivity index (χ1n) is 15.2. The molecule has 7 nitrogen and oxygen atoms in total. The average molecular weight is 570 g/mol. The second-order valence-corrected chi connectivity index (χ2v) is 13.6. The van der Waals surface area contributed by atoms with Gasteiger partial charge in [0.05, 0.1) is 18.7 Å². The van der Waals surface area contributed by atoms with Gasteiger partial charge < -0.3 is 19.9 Å². The lowest BCUT2D eigenvalue weighted by Gasteiger charge is -2.40. The van der Waals surface area contributed by atoms with E-state index in [2.05, 4.69) is 31.3 Å². The van der Waals surface area contributed by atoms with Gasteiger partial charge in [0.2, 0.25) is 17.7 Å². The maximum atomic E-state index is 14.1. The Morgan fingerprint density at radius 3 is 2.24 bits per heavy atom. The van der Waals surface area contributed by atoms with Gasteiger partial charge in [-0.25, -0.2) is 0 Å². The molecule has 1 heterocycles. The molecule has 0 bridgehead atoms. The molecule has 1 aliphatic rings. The summed E-state index contributed by atoms with van der Waals surface area (Å²) in [6, 6.07) is 9.12. The van der Waals surface area contributed by atoms with Crippen LogP contribution in [0.2, 0.25) is 0 Å². The summed E-state index contributed by atoms with van der Waals surface area (Å²) in [5.74, 6) is -0.535. The number of hydrogen-bond acceptors (Lipinski definition) is 4. The number of hydrogen-bond donors (Lipinski definition) is 1. The van der Waals surface area contributed by atoms with Crippen molar-refractivity contribution in [3.8, 4) is 0 Å². The predicted octanol–water partition coefficient (Wildman–Crippen LogP) is 5.59. The van der Waals surface area contributed by atoms with E-state index in [1.807, 2.05) is 77.6 Å². The Labute approximate surface area is 249 Å². The molecule has 0 aromatic heterocycles. The Kier molecular flexibility index (Phi) is 12.2. The van der Waals surface area contributed by atoms with Gasteiger partial charge in [-0.3, -0.25) is 14.4 Å². The summed E-state index contributed by atoms with van der Waals surface area (Å²) in [6.45, 7) is 19.3. The van der Waals surface area contributed by atoms with Gasteiger partial charge in [0.15, 0.2) is 0 Å². The molecule has 230 valence electrons. The van der Waals surface area contributed by atoms with E-state index in [9.17, 15) is 14.4 Å². The molecule has 1 saturated heterocycles. The smallest absolute Gasteiger partial charge is 0.249 e. The molecule has 0 spiro atoms. The zero-order valence-corrected chi connectivity index (χ0v) is 27.4. The maximum Gasteiger partial charge on any atom is 0.249 e. The van der Waals surface area contributed by atoms with Crippen LogP contribution in [0.15, 0.2) is 42.0 Å². The van der Waals surface area contributed by atoms with Crippen molar-refractivity contribution < 1.29 is 19.1 Å². The van der Waals surface area contributed by atoms with E-state index in [0.717, 1.165) is 24.9 Å². The quantitative estimate of drug-likeness (QED) is 0.333. The van der Waals surface area contributed by atoms with Gasteiger partial charge >= 0.3 is 0 Å². The summed E-state index contributed by atoms with van der Waals surface area (Å²) < 4.78 is 5.33. The number of amides is 3. The molecule has 2 rings (SSSR count). The van der Waals surface area contributed by atoms with Gasteiger partial charge in [0.1, 0.15) is 6.04 Å². The molecule has 0 aliphatic carbocycles. The van der Waals surface area contributed by atoms with Crippen molar-refractivity contribution in [2.24, 2.45) is 17.3 Å². The molecule has 1 aromatic rings. The monoisotopic (exact) mass is 569 g/mol. The SMILES string of the molecule is CC[C@H](C(=O)N[C@H](C(=O)N(C)[C@H](/C=C(\C)C(=O)N1CCC[C@H]1COC)C(C)C)C(C)(C)C)C(C)(C)c1ccccc1. The van der Waals surface area contributed by atoms with E-state index < -0.39 is 16.9 Å². The fourth-order valence-electron chi connectivity index (χ4n) is 6.11. The summed E-state index contributed by atoms with van der Waals surface area (Å²) in [6.07, 6.45) is 4.47. The molecule has 0 saturated carbocycles. The van der Waals surface area contributed by atoms with Crippen molar-refractivity contribution in [1.82, 2.24) is 15.1 Å². The number of likely N-dealkylation sites (tertiary alicyclic amines) is 1. The minimum absolute atomic E-state index is 0.00865. The highest BCUT2D eigenvalue weighted by Crippen LogP contribution is 2.35. The molecule has 41 heavy (non-hydrogen) atoms. The van der Waals surface area contributed by atoms with Crippen molar-refractivity contribution in [1.29, 1.82) is 0 Å². The van der Waals surface area contributed by atoms with Crippen LogP contribution in [0.3, 0.4) is 0 Å². The minimum atomic E-state index is -0.726. The molecule has 1 fully saturated rings. The summed E-state index contributed by atoms with van der Waals surface area (Å²) >= 11 is 0. The molecule has 0 unspecified atom stereocenters. The third-order valence-corrected chi connectivity index (χ3v) is 8.75. The Bertz CT molecular complexity index is 1060. The maximum absolute atomic E-state index is 14.1.